The second-order valence-electron chi connectivity index (χ2n) is 4.96. The van der Waals surface area contributed by atoms with Crippen LogP contribution in [0.3, 0.4) is 0 Å². The standard InChI is InChI=1S/C17H12Cl2N2O2/c18-11-5-6-15-12(7-11)16(13(9-20-15)17(22)23)21-8-10-3-1-2-4-14(10)19/h1-7,9H,8H2,(H,20,21)(H,22,23). The van der Waals surface area contributed by atoms with Crippen LogP contribution in [0, 0.1) is 0 Å². The zero-order valence-electron chi connectivity index (χ0n) is 11.9. The molecule has 0 atom stereocenters. The lowest BCUT2D eigenvalue weighted by molar-refractivity contribution is 0.0697. The lowest BCUT2D eigenvalue weighted by Gasteiger charge is -2.13. The molecule has 0 saturated carbocycles. The first-order valence-electron chi connectivity index (χ1n) is 6.85. The number of aromatic nitrogens is 1. The minimum atomic E-state index is -1.05. The zero-order chi connectivity index (χ0) is 16.4. The number of nitrogens with one attached hydrogen (secondary N) is 1. The van der Waals surface area contributed by atoms with E-state index in [4.69, 9.17) is 23.2 Å². The molecule has 0 amide bonds. The number of aromatic carboxylic acids is 1. The molecule has 0 saturated heterocycles. The van der Waals surface area contributed by atoms with Gasteiger partial charge in [-0.05, 0) is 29.8 Å². The quantitative estimate of drug-likeness (QED) is 0.708. The number of benzene rings is 2. The number of carbonyl (C=O) groups is 1. The lowest BCUT2D eigenvalue weighted by atomic mass is 10.1. The maximum atomic E-state index is 11.5. The number of anilines is 1. The second-order valence-corrected chi connectivity index (χ2v) is 5.80. The molecule has 0 radical (unpaired) electrons. The topological polar surface area (TPSA) is 62.2 Å². The highest BCUT2D eigenvalue weighted by atomic mass is 35.5. The number of carboxylic acid groups (broad SMARTS) is 1. The number of nitrogens with zero attached hydrogens (tertiary/aromatic N) is 1. The van der Waals surface area contributed by atoms with E-state index in [1.807, 2.05) is 18.2 Å². The molecule has 0 unspecified atom stereocenters. The van der Waals surface area contributed by atoms with Crippen LogP contribution in [-0.4, -0.2) is 16.1 Å². The Morgan fingerprint density at radius 3 is 2.70 bits per heavy atom. The third kappa shape index (κ3) is 3.23. The van der Waals surface area contributed by atoms with Crippen molar-refractivity contribution in [2.75, 3.05) is 5.32 Å². The fraction of sp³-hybridized carbons (Fsp3) is 0.0588. The van der Waals surface area contributed by atoms with E-state index in [9.17, 15) is 9.90 Å². The SMILES string of the molecule is O=C(O)c1cnc2ccc(Cl)cc2c1NCc1ccccc1Cl. The van der Waals surface area contributed by atoms with Crippen molar-refractivity contribution in [3.8, 4) is 0 Å². The number of carboxylic acids is 1. The van der Waals surface area contributed by atoms with Crippen LogP contribution >= 0.6 is 23.2 Å². The summed E-state index contributed by atoms with van der Waals surface area (Å²) < 4.78 is 0. The van der Waals surface area contributed by atoms with Gasteiger partial charge in [-0.1, -0.05) is 41.4 Å². The predicted molar refractivity (Wildman–Crippen MR) is 92.5 cm³/mol. The maximum absolute atomic E-state index is 11.5. The maximum Gasteiger partial charge on any atom is 0.339 e. The van der Waals surface area contributed by atoms with Gasteiger partial charge in [0.15, 0.2) is 0 Å². The molecule has 0 aliphatic rings. The first kappa shape index (κ1) is 15.6. The molecule has 0 bridgehead atoms. The van der Waals surface area contributed by atoms with E-state index in [0.717, 1.165) is 5.56 Å². The number of pyridine rings is 1. The third-order valence-corrected chi connectivity index (χ3v) is 4.08. The van der Waals surface area contributed by atoms with Crippen molar-refractivity contribution in [1.29, 1.82) is 0 Å². The first-order valence-corrected chi connectivity index (χ1v) is 7.60. The highest BCUT2D eigenvalue weighted by Crippen LogP contribution is 2.29. The molecular weight excluding hydrogens is 335 g/mol. The van der Waals surface area contributed by atoms with E-state index in [1.165, 1.54) is 6.20 Å². The Balaban J connectivity index is 2.06. The van der Waals surface area contributed by atoms with Crippen molar-refractivity contribution in [2.24, 2.45) is 0 Å². The Morgan fingerprint density at radius 1 is 1.17 bits per heavy atom. The summed E-state index contributed by atoms with van der Waals surface area (Å²) in [7, 11) is 0. The van der Waals surface area contributed by atoms with Gasteiger partial charge in [-0.3, -0.25) is 4.98 Å². The monoisotopic (exact) mass is 346 g/mol. The number of hydrogen-bond donors (Lipinski definition) is 2. The van der Waals surface area contributed by atoms with Gasteiger partial charge in [0.05, 0.1) is 11.2 Å². The Kier molecular flexibility index (Phi) is 4.37. The Bertz CT molecular complexity index is 897. The van der Waals surface area contributed by atoms with Crippen LogP contribution < -0.4 is 5.32 Å². The molecule has 4 nitrogen and oxygen atoms in total. The molecular formula is C17H12Cl2N2O2. The summed E-state index contributed by atoms with van der Waals surface area (Å²) in [5.74, 6) is -1.05. The third-order valence-electron chi connectivity index (χ3n) is 3.47. The van der Waals surface area contributed by atoms with Crippen LogP contribution in [0.2, 0.25) is 10.0 Å². The molecule has 3 rings (SSSR count). The molecule has 116 valence electrons. The molecule has 0 spiro atoms. The molecule has 6 heteroatoms. The van der Waals surface area contributed by atoms with E-state index in [2.05, 4.69) is 10.3 Å². The minimum Gasteiger partial charge on any atom is -0.478 e. The fourth-order valence-electron chi connectivity index (χ4n) is 2.34. The van der Waals surface area contributed by atoms with Crippen molar-refractivity contribution < 1.29 is 9.90 Å². The molecule has 2 N–H and O–H groups in total. The Labute approximate surface area is 142 Å². The largest absolute Gasteiger partial charge is 0.478 e. The van der Waals surface area contributed by atoms with Crippen LogP contribution in [0.15, 0.2) is 48.7 Å². The molecule has 0 aliphatic carbocycles. The average Bonchev–Trinajstić information content (AvgIpc) is 2.53. The van der Waals surface area contributed by atoms with Crippen molar-refractivity contribution >= 4 is 45.8 Å². The van der Waals surface area contributed by atoms with Crippen LogP contribution in [0.25, 0.3) is 10.9 Å². The van der Waals surface area contributed by atoms with Gasteiger partial charge in [0, 0.05) is 28.2 Å². The van der Waals surface area contributed by atoms with Gasteiger partial charge < -0.3 is 10.4 Å². The van der Waals surface area contributed by atoms with Crippen molar-refractivity contribution in [3.05, 3.63) is 69.8 Å². The Morgan fingerprint density at radius 2 is 1.96 bits per heavy atom. The zero-order valence-corrected chi connectivity index (χ0v) is 13.4. The molecule has 0 aliphatic heterocycles. The van der Waals surface area contributed by atoms with E-state index >= 15 is 0 Å². The average molecular weight is 347 g/mol. The van der Waals surface area contributed by atoms with E-state index < -0.39 is 5.97 Å². The van der Waals surface area contributed by atoms with Crippen molar-refractivity contribution in [3.63, 3.8) is 0 Å². The number of rotatable bonds is 4. The molecule has 3 aromatic rings. The number of hydrogen-bond acceptors (Lipinski definition) is 3. The van der Waals surface area contributed by atoms with Crippen LogP contribution in [0.1, 0.15) is 15.9 Å². The predicted octanol–water partition coefficient (Wildman–Crippen LogP) is 4.85. The van der Waals surface area contributed by atoms with Gasteiger partial charge in [0.1, 0.15) is 5.56 Å². The summed E-state index contributed by atoms with van der Waals surface area (Å²) in [6, 6.07) is 12.6. The van der Waals surface area contributed by atoms with Crippen molar-refractivity contribution in [1.82, 2.24) is 4.98 Å². The van der Waals surface area contributed by atoms with Crippen LogP contribution in [-0.2, 0) is 6.54 Å². The highest BCUT2D eigenvalue weighted by molar-refractivity contribution is 6.31. The van der Waals surface area contributed by atoms with Gasteiger partial charge in [0.2, 0.25) is 0 Å². The van der Waals surface area contributed by atoms with Gasteiger partial charge in [-0.2, -0.15) is 0 Å². The highest BCUT2D eigenvalue weighted by Gasteiger charge is 2.15. The first-order chi connectivity index (χ1) is 11.1. The number of halogens is 2. The molecule has 1 aromatic heterocycles. The van der Waals surface area contributed by atoms with Gasteiger partial charge in [-0.25, -0.2) is 4.79 Å². The second kappa shape index (κ2) is 6.44. The summed E-state index contributed by atoms with van der Waals surface area (Å²) in [6.45, 7) is 0.394. The summed E-state index contributed by atoms with van der Waals surface area (Å²) in [5, 5.41) is 14.4. The molecule has 1 heterocycles. The van der Waals surface area contributed by atoms with E-state index in [0.29, 0.717) is 33.2 Å². The normalized spacial score (nSPS) is 10.7. The Hall–Kier alpha value is -2.30. The fourth-order valence-corrected chi connectivity index (χ4v) is 2.72. The van der Waals surface area contributed by atoms with Crippen molar-refractivity contribution in [2.45, 2.75) is 6.54 Å². The smallest absolute Gasteiger partial charge is 0.339 e. The summed E-state index contributed by atoms with van der Waals surface area (Å²) >= 11 is 12.2. The van der Waals surface area contributed by atoms with Gasteiger partial charge >= 0.3 is 5.97 Å². The molecule has 2 aromatic carbocycles. The summed E-state index contributed by atoms with van der Waals surface area (Å²) in [6.07, 6.45) is 1.34. The number of fused-ring (bicyclic) bond motifs is 1. The van der Waals surface area contributed by atoms with Crippen LogP contribution in [0.5, 0.6) is 0 Å². The summed E-state index contributed by atoms with van der Waals surface area (Å²) in [4.78, 5) is 15.7. The van der Waals surface area contributed by atoms with Crippen LogP contribution in [0.4, 0.5) is 5.69 Å². The molecule has 0 fully saturated rings. The minimum absolute atomic E-state index is 0.0896. The van der Waals surface area contributed by atoms with Gasteiger partial charge in [-0.15, -0.1) is 0 Å². The lowest BCUT2D eigenvalue weighted by Crippen LogP contribution is -2.08. The van der Waals surface area contributed by atoms with E-state index in [1.54, 1.807) is 24.3 Å². The van der Waals surface area contributed by atoms with E-state index in [-0.39, 0.29) is 5.56 Å². The molecule has 23 heavy (non-hydrogen) atoms. The van der Waals surface area contributed by atoms with Gasteiger partial charge in [0.25, 0.3) is 0 Å². The summed E-state index contributed by atoms with van der Waals surface area (Å²) in [5.41, 5.74) is 2.11.